The molecule has 1 nitrogen and oxygen atoms in total. The molecule has 1 saturated carbocycles. The van der Waals surface area contributed by atoms with E-state index in [1.807, 2.05) is 0 Å². The van der Waals surface area contributed by atoms with E-state index in [9.17, 15) is 0 Å². The van der Waals surface area contributed by atoms with Gasteiger partial charge in [0.25, 0.3) is 0 Å². The third-order valence-electron chi connectivity index (χ3n) is 4.79. The van der Waals surface area contributed by atoms with E-state index in [2.05, 4.69) is 44.2 Å². The van der Waals surface area contributed by atoms with Crippen molar-refractivity contribution < 1.29 is 0 Å². The summed E-state index contributed by atoms with van der Waals surface area (Å²) in [5, 5.41) is 0. The maximum Gasteiger partial charge on any atom is 0.0180 e. The van der Waals surface area contributed by atoms with Crippen molar-refractivity contribution in [3.8, 4) is 0 Å². The molecule has 1 aliphatic rings. The largest absolute Gasteiger partial charge is 0.325 e. The monoisotopic (exact) mass is 245 g/mol. The Morgan fingerprint density at radius 2 is 1.94 bits per heavy atom. The Hall–Kier alpha value is -0.820. The Kier molecular flexibility index (Phi) is 4.45. The highest BCUT2D eigenvalue weighted by Crippen LogP contribution is 2.37. The molecule has 1 aliphatic carbocycles. The summed E-state index contributed by atoms with van der Waals surface area (Å²) in [4.78, 5) is 0. The normalized spacial score (nSPS) is 32.4. The molecule has 1 fully saturated rings. The van der Waals surface area contributed by atoms with Crippen LogP contribution in [0.3, 0.4) is 0 Å². The van der Waals surface area contributed by atoms with Crippen LogP contribution in [0.25, 0.3) is 0 Å². The molecule has 1 aromatic carbocycles. The van der Waals surface area contributed by atoms with Crippen molar-refractivity contribution >= 4 is 0 Å². The van der Waals surface area contributed by atoms with Gasteiger partial charge in [0.1, 0.15) is 0 Å². The predicted octanol–water partition coefficient (Wildman–Crippen LogP) is 4.16. The third-order valence-corrected chi connectivity index (χ3v) is 4.79. The first-order valence-corrected chi connectivity index (χ1v) is 7.43. The molecule has 18 heavy (non-hydrogen) atoms. The van der Waals surface area contributed by atoms with Gasteiger partial charge in [0.05, 0.1) is 0 Å². The Morgan fingerprint density at radius 3 is 2.61 bits per heavy atom. The molecule has 3 unspecified atom stereocenters. The Labute approximate surface area is 112 Å². The third kappa shape index (κ3) is 3.35. The zero-order chi connectivity index (χ0) is 13.0. The van der Waals surface area contributed by atoms with Crippen molar-refractivity contribution in [2.75, 3.05) is 0 Å². The average Bonchev–Trinajstić information content (AvgIpc) is 2.36. The summed E-state index contributed by atoms with van der Waals surface area (Å²) >= 11 is 0. The van der Waals surface area contributed by atoms with Crippen molar-refractivity contribution in [1.29, 1.82) is 0 Å². The topological polar surface area (TPSA) is 26.0 Å². The van der Waals surface area contributed by atoms with E-state index in [0.29, 0.717) is 5.92 Å². The second kappa shape index (κ2) is 5.88. The lowest BCUT2D eigenvalue weighted by Gasteiger charge is -2.42. The number of benzene rings is 1. The fraction of sp³-hybridized carbons (Fsp3) is 0.647. The first-order valence-electron chi connectivity index (χ1n) is 7.43. The lowest BCUT2D eigenvalue weighted by Crippen LogP contribution is -2.49. The van der Waals surface area contributed by atoms with Crippen LogP contribution in [0, 0.1) is 11.8 Å². The molecule has 0 bridgehead atoms. The summed E-state index contributed by atoms with van der Waals surface area (Å²) in [6, 6.07) is 10.8. The minimum Gasteiger partial charge on any atom is -0.325 e. The Bertz CT molecular complexity index is 359. The van der Waals surface area contributed by atoms with E-state index in [-0.39, 0.29) is 5.54 Å². The minimum atomic E-state index is 0.0985. The molecule has 0 radical (unpaired) electrons. The number of hydrogen-bond acceptors (Lipinski definition) is 1. The molecule has 1 heteroatoms. The van der Waals surface area contributed by atoms with Crippen molar-refractivity contribution in [2.24, 2.45) is 17.6 Å². The SMILES string of the molecule is CC1CCC(N)(CCCc2ccccc2)C(C)C1. The number of aryl methyl sites for hydroxylation is 1. The summed E-state index contributed by atoms with van der Waals surface area (Å²) < 4.78 is 0. The van der Waals surface area contributed by atoms with Gasteiger partial charge in [0.15, 0.2) is 0 Å². The van der Waals surface area contributed by atoms with E-state index in [1.54, 1.807) is 0 Å². The first kappa shape index (κ1) is 13.6. The van der Waals surface area contributed by atoms with Gasteiger partial charge in [0.2, 0.25) is 0 Å². The minimum absolute atomic E-state index is 0.0985. The van der Waals surface area contributed by atoms with Crippen LogP contribution < -0.4 is 5.73 Å². The summed E-state index contributed by atoms with van der Waals surface area (Å²) in [6.07, 6.45) is 7.40. The van der Waals surface area contributed by atoms with E-state index in [4.69, 9.17) is 5.73 Å². The fourth-order valence-electron chi connectivity index (χ4n) is 3.36. The van der Waals surface area contributed by atoms with Gasteiger partial charge in [0, 0.05) is 5.54 Å². The lowest BCUT2D eigenvalue weighted by molar-refractivity contribution is 0.151. The van der Waals surface area contributed by atoms with Crippen LogP contribution in [0.2, 0.25) is 0 Å². The molecule has 2 N–H and O–H groups in total. The van der Waals surface area contributed by atoms with E-state index in [1.165, 1.54) is 44.1 Å². The highest BCUT2D eigenvalue weighted by atomic mass is 14.8. The standard InChI is InChI=1S/C17H27N/c1-14-10-12-17(18,15(2)13-14)11-6-9-16-7-4-3-5-8-16/h3-5,7-8,14-15H,6,9-13,18H2,1-2H3. The summed E-state index contributed by atoms with van der Waals surface area (Å²) in [5.41, 5.74) is 8.17. The van der Waals surface area contributed by atoms with Crippen LogP contribution in [0.4, 0.5) is 0 Å². The number of nitrogens with two attached hydrogens (primary N) is 1. The molecule has 0 amide bonds. The molecule has 0 spiro atoms. The van der Waals surface area contributed by atoms with Gasteiger partial charge in [-0.2, -0.15) is 0 Å². The van der Waals surface area contributed by atoms with Crippen LogP contribution >= 0.6 is 0 Å². The summed E-state index contributed by atoms with van der Waals surface area (Å²) in [6.45, 7) is 4.71. The molecule has 0 heterocycles. The van der Waals surface area contributed by atoms with Crippen LogP contribution in [0.15, 0.2) is 30.3 Å². The van der Waals surface area contributed by atoms with Crippen LogP contribution in [0.5, 0.6) is 0 Å². The molecular weight excluding hydrogens is 218 g/mol. The van der Waals surface area contributed by atoms with Gasteiger partial charge in [-0.25, -0.2) is 0 Å². The second-order valence-electron chi connectivity index (χ2n) is 6.35. The fourth-order valence-corrected chi connectivity index (χ4v) is 3.36. The molecule has 1 aromatic rings. The number of hydrogen-bond donors (Lipinski definition) is 1. The lowest BCUT2D eigenvalue weighted by atomic mass is 9.68. The first-order chi connectivity index (χ1) is 8.60. The second-order valence-corrected chi connectivity index (χ2v) is 6.35. The Balaban J connectivity index is 1.82. The molecule has 0 aromatic heterocycles. The van der Waals surface area contributed by atoms with Crippen LogP contribution in [-0.4, -0.2) is 5.54 Å². The van der Waals surface area contributed by atoms with Crippen LogP contribution in [-0.2, 0) is 6.42 Å². The van der Waals surface area contributed by atoms with Gasteiger partial charge >= 0.3 is 0 Å². The van der Waals surface area contributed by atoms with Gasteiger partial charge in [-0.3, -0.25) is 0 Å². The zero-order valence-corrected chi connectivity index (χ0v) is 11.9. The molecule has 2 rings (SSSR count). The van der Waals surface area contributed by atoms with Crippen molar-refractivity contribution in [3.05, 3.63) is 35.9 Å². The molecular formula is C17H27N. The van der Waals surface area contributed by atoms with Crippen LogP contribution in [0.1, 0.15) is 51.5 Å². The summed E-state index contributed by atoms with van der Waals surface area (Å²) in [5.74, 6) is 1.54. The van der Waals surface area contributed by atoms with Crippen molar-refractivity contribution in [3.63, 3.8) is 0 Å². The number of rotatable bonds is 4. The molecule has 0 aliphatic heterocycles. The predicted molar refractivity (Wildman–Crippen MR) is 78.5 cm³/mol. The van der Waals surface area contributed by atoms with E-state index in [0.717, 1.165) is 5.92 Å². The van der Waals surface area contributed by atoms with E-state index >= 15 is 0 Å². The molecule has 100 valence electrons. The molecule has 3 atom stereocenters. The smallest absolute Gasteiger partial charge is 0.0180 e. The molecule has 0 saturated heterocycles. The maximum absolute atomic E-state index is 6.63. The highest BCUT2D eigenvalue weighted by Gasteiger charge is 2.35. The maximum atomic E-state index is 6.63. The highest BCUT2D eigenvalue weighted by molar-refractivity contribution is 5.14. The zero-order valence-electron chi connectivity index (χ0n) is 11.9. The average molecular weight is 245 g/mol. The summed E-state index contributed by atoms with van der Waals surface area (Å²) in [7, 11) is 0. The van der Waals surface area contributed by atoms with Gasteiger partial charge < -0.3 is 5.73 Å². The van der Waals surface area contributed by atoms with Crippen molar-refractivity contribution in [2.45, 2.75) is 57.9 Å². The van der Waals surface area contributed by atoms with Gasteiger partial charge in [-0.15, -0.1) is 0 Å². The Morgan fingerprint density at radius 1 is 1.22 bits per heavy atom. The quantitative estimate of drug-likeness (QED) is 0.846. The van der Waals surface area contributed by atoms with Gasteiger partial charge in [-0.1, -0.05) is 44.2 Å². The van der Waals surface area contributed by atoms with Gasteiger partial charge in [-0.05, 0) is 55.9 Å². The van der Waals surface area contributed by atoms with Crippen molar-refractivity contribution in [1.82, 2.24) is 0 Å². The van der Waals surface area contributed by atoms with E-state index < -0.39 is 0 Å².